The Morgan fingerprint density at radius 1 is 1.39 bits per heavy atom. The molecular formula is C13H20N2O2S. The summed E-state index contributed by atoms with van der Waals surface area (Å²) in [6.45, 7) is 0.550. The van der Waals surface area contributed by atoms with Gasteiger partial charge in [0.05, 0.1) is 11.1 Å². The first-order valence-electron chi connectivity index (χ1n) is 5.91. The zero-order valence-corrected chi connectivity index (χ0v) is 11.9. The Morgan fingerprint density at radius 2 is 2.06 bits per heavy atom. The summed E-state index contributed by atoms with van der Waals surface area (Å²) in [7, 11) is 5.38. The molecule has 0 spiro atoms. The Balaban J connectivity index is 2.31. The Labute approximate surface area is 112 Å². The minimum Gasteiger partial charge on any atom is -0.340 e. The van der Waals surface area contributed by atoms with Gasteiger partial charge in [-0.1, -0.05) is 24.3 Å². The number of methoxy groups -OCH3 is 2. The standard InChI is InChI=1S/C13H20N2O2S/c1-15-12(18-9-13(15,16-2)17-3)11-7-5-4-6-10(11)8-14/h4-7,12H,8-9,14H2,1-3H3. The Kier molecular flexibility index (Phi) is 4.29. The molecule has 1 aliphatic rings. The highest BCUT2D eigenvalue weighted by Crippen LogP contribution is 2.46. The van der Waals surface area contributed by atoms with Gasteiger partial charge in [0.1, 0.15) is 0 Å². The molecule has 4 nitrogen and oxygen atoms in total. The van der Waals surface area contributed by atoms with Crippen LogP contribution in [0.4, 0.5) is 0 Å². The first-order valence-corrected chi connectivity index (χ1v) is 6.96. The van der Waals surface area contributed by atoms with Crippen molar-refractivity contribution in [2.45, 2.75) is 17.8 Å². The third-order valence-electron chi connectivity index (χ3n) is 3.49. The molecule has 100 valence electrons. The SMILES string of the molecule is COC1(OC)CSC(c2ccccc2CN)N1C. The fourth-order valence-electron chi connectivity index (χ4n) is 2.33. The molecule has 2 rings (SSSR count). The predicted molar refractivity (Wildman–Crippen MR) is 74.0 cm³/mol. The number of benzene rings is 1. The summed E-state index contributed by atoms with van der Waals surface area (Å²) in [5.41, 5.74) is 8.22. The Morgan fingerprint density at radius 3 is 2.61 bits per heavy atom. The van der Waals surface area contributed by atoms with E-state index in [-0.39, 0.29) is 5.37 Å². The first kappa shape index (κ1) is 13.8. The minimum absolute atomic E-state index is 0.213. The summed E-state index contributed by atoms with van der Waals surface area (Å²) in [6, 6.07) is 8.26. The van der Waals surface area contributed by atoms with Crippen molar-refractivity contribution < 1.29 is 9.47 Å². The molecule has 2 N–H and O–H groups in total. The molecule has 5 heteroatoms. The van der Waals surface area contributed by atoms with Crippen LogP contribution in [0.25, 0.3) is 0 Å². The summed E-state index contributed by atoms with van der Waals surface area (Å²) >= 11 is 1.81. The van der Waals surface area contributed by atoms with Crippen LogP contribution in [0.15, 0.2) is 24.3 Å². The molecule has 18 heavy (non-hydrogen) atoms. The second kappa shape index (κ2) is 5.59. The van der Waals surface area contributed by atoms with E-state index in [1.54, 1.807) is 14.2 Å². The molecule has 1 heterocycles. The van der Waals surface area contributed by atoms with Crippen molar-refractivity contribution in [1.29, 1.82) is 0 Å². The van der Waals surface area contributed by atoms with Crippen molar-refractivity contribution >= 4 is 11.8 Å². The number of thioether (sulfide) groups is 1. The first-order chi connectivity index (χ1) is 8.68. The fraction of sp³-hybridized carbons (Fsp3) is 0.538. The van der Waals surface area contributed by atoms with Crippen molar-refractivity contribution in [1.82, 2.24) is 4.90 Å². The summed E-state index contributed by atoms with van der Waals surface area (Å²) in [5, 5.41) is 0.213. The fourth-order valence-corrected chi connectivity index (χ4v) is 3.93. The minimum atomic E-state index is -0.642. The highest BCUT2D eigenvalue weighted by atomic mass is 32.2. The van der Waals surface area contributed by atoms with Crippen molar-refractivity contribution in [3.05, 3.63) is 35.4 Å². The molecule has 0 bridgehead atoms. The smallest absolute Gasteiger partial charge is 0.239 e. The van der Waals surface area contributed by atoms with E-state index in [2.05, 4.69) is 17.0 Å². The zero-order chi connectivity index (χ0) is 13.2. The van der Waals surface area contributed by atoms with Gasteiger partial charge < -0.3 is 15.2 Å². The summed E-state index contributed by atoms with van der Waals surface area (Å²) in [6.07, 6.45) is 0. The third kappa shape index (κ3) is 2.17. The lowest BCUT2D eigenvalue weighted by molar-refractivity contribution is -0.270. The lowest BCUT2D eigenvalue weighted by Gasteiger charge is -2.34. The highest BCUT2D eigenvalue weighted by molar-refractivity contribution is 7.99. The highest BCUT2D eigenvalue weighted by Gasteiger charge is 2.46. The van der Waals surface area contributed by atoms with Gasteiger partial charge in [-0.05, 0) is 18.2 Å². The Hall–Kier alpha value is -0.590. The van der Waals surface area contributed by atoms with E-state index < -0.39 is 5.91 Å². The molecule has 0 amide bonds. The zero-order valence-electron chi connectivity index (χ0n) is 11.1. The molecular weight excluding hydrogens is 248 g/mol. The van der Waals surface area contributed by atoms with Gasteiger partial charge in [-0.15, -0.1) is 11.8 Å². The normalized spacial score (nSPS) is 23.4. The van der Waals surface area contributed by atoms with Crippen LogP contribution in [0.5, 0.6) is 0 Å². The van der Waals surface area contributed by atoms with Crippen LogP contribution in [0.3, 0.4) is 0 Å². The van der Waals surface area contributed by atoms with Gasteiger partial charge in [-0.3, -0.25) is 0 Å². The van der Waals surface area contributed by atoms with E-state index in [0.717, 1.165) is 5.75 Å². The lowest BCUT2D eigenvalue weighted by atomic mass is 10.1. The summed E-state index contributed by atoms with van der Waals surface area (Å²) in [5.74, 6) is 0.136. The van der Waals surface area contributed by atoms with Gasteiger partial charge in [0.15, 0.2) is 0 Å². The van der Waals surface area contributed by atoms with Crippen molar-refractivity contribution in [2.75, 3.05) is 27.0 Å². The number of hydrogen-bond acceptors (Lipinski definition) is 5. The molecule has 1 saturated heterocycles. The van der Waals surface area contributed by atoms with E-state index in [1.165, 1.54) is 11.1 Å². The van der Waals surface area contributed by atoms with Crippen LogP contribution in [-0.2, 0) is 16.0 Å². The topological polar surface area (TPSA) is 47.7 Å². The van der Waals surface area contributed by atoms with E-state index in [0.29, 0.717) is 6.54 Å². The van der Waals surface area contributed by atoms with Crippen molar-refractivity contribution in [3.8, 4) is 0 Å². The lowest BCUT2D eigenvalue weighted by Crippen LogP contribution is -2.47. The summed E-state index contributed by atoms with van der Waals surface area (Å²) < 4.78 is 11.1. The van der Waals surface area contributed by atoms with Crippen LogP contribution in [0.2, 0.25) is 0 Å². The molecule has 0 saturated carbocycles. The number of ether oxygens (including phenoxy) is 2. The maximum absolute atomic E-state index is 5.81. The van der Waals surface area contributed by atoms with Crippen molar-refractivity contribution in [3.63, 3.8) is 0 Å². The van der Waals surface area contributed by atoms with Gasteiger partial charge in [0.25, 0.3) is 0 Å². The average molecular weight is 268 g/mol. The van der Waals surface area contributed by atoms with Crippen LogP contribution < -0.4 is 5.73 Å². The average Bonchev–Trinajstić information content (AvgIpc) is 2.76. The van der Waals surface area contributed by atoms with Crippen LogP contribution in [0.1, 0.15) is 16.5 Å². The number of hydrogen-bond donors (Lipinski definition) is 1. The van der Waals surface area contributed by atoms with E-state index >= 15 is 0 Å². The third-order valence-corrected chi connectivity index (χ3v) is 4.91. The molecule has 1 atom stereocenters. The quantitative estimate of drug-likeness (QED) is 0.843. The maximum Gasteiger partial charge on any atom is 0.239 e. The van der Waals surface area contributed by atoms with Gasteiger partial charge in [0, 0.05) is 20.8 Å². The van der Waals surface area contributed by atoms with Gasteiger partial charge in [0.2, 0.25) is 5.91 Å². The largest absolute Gasteiger partial charge is 0.340 e. The van der Waals surface area contributed by atoms with Gasteiger partial charge in [-0.25, -0.2) is 4.90 Å². The molecule has 0 radical (unpaired) electrons. The molecule has 1 unspecified atom stereocenters. The summed E-state index contributed by atoms with van der Waals surface area (Å²) in [4.78, 5) is 2.12. The number of nitrogens with two attached hydrogens (primary N) is 1. The van der Waals surface area contributed by atoms with E-state index in [9.17, 15) is 0 Å². The molecule has 1 aromatic rings. The van der Waals surface area contributed by atoms with Crippen LogP contribution >= 0.6 is 11.8 Å². The monoisotopic (exact) mass is 268 g/mol. The van der Waals surface area contributed by atoms with E-state index in [4.69, 9.17) is 15.2 Å². The maximum atomic E-state index is 5.81. The number of rotatable bonds is 4. The molecule has 1 aromatic carbocycles. The van der Waals surface area contributed by atoms with Crippen LogP contribution in [0, 0.1) is 0 Å². The predicted octanol–water partition coefficient (Wildman–Crippen LogP) is 1.77. The number of nitrogens with zero attached hydrogens (tertiary/aromatic N) is 1. The second-order valence-corrected chi connectivity index (χ2v) is 5.37. The second-order valence-electron chi connectivity index (χ2n) is 4.30. The van der Waals surface area contributed by atoms with E-state index in [1.807, 2.05) is 30.9 Å². The van der Waals surface area contributed by atoms with Gasteiger partial charge in [-0.2, -0.15) is 0 Å². The Bertz CT molecular complexity index is 410. The molecule has 0 aromatic heterocycles. The molecule has 1 aliphatic heterocycles. The molecule has 1 fully saturated rings. The molecule has 0 aliphatic carbocycles. The van der Waals surface area contributed by atoms with Crippen molar-refractivity contribution in [2.24, 2.45) is 5.73 Å². The van der Waals surface area contributed by atoms with Gasteiger partial charge >= 0.3 is 0 Å². The van der Waals surface area contributed by atoms with Crippen LogP contribution in [-0.4, -0.2) is 37.8 Å².